The van der Waals surface area contributed by atoms with E-state index in [9.17, 15) is 4.79 Å². The van der Waals surface area contributed by atoms with Crippen molar-refractivity contribution in [3.8, 4) is 0 Å². The summed E-state index contributed by atoms with van der Waals surface area (Å²) in [6.07, 6.45) is 6.07. The van der Waals surface area contributed by atoms with Gasteiger partial charge in [0.15, 0.2) is 11.4 Å². The van der Waals surface area contributed by atoms with E-state index in [2.05, 4.69) is 21.9 Å². The molecule has 0 aliphatic carbocycles. The van der Waals surface area contributed by atoms with E-state index in [1.807, 2.05) is 18.1 Å². The van der Waals surface area contributed by atoms with Crippen molar-refractivity contribution >= 4 is 22.8 Å². The van der Waals surface area contributed by atoms with Crippen LogP contribution in [0, 0.1) is 0 Å². The molecule has 8 nitrogen and oxygen atoms in total. The van der Waals surface area contributed by atoms with Gasteiger partial charge >= 0.3 is 0 Å². The van der Waals surface area contributed by atoms with Crippen molar-refractivity contribution in [2.75, 3.05) is 31.1 Å². The molecule has 1 saturated heterocycles. The van der Waals surface area contributed by atoms with Crippen molar-refractivity contribution < 1.29 is 9.21 Å². The van der Waals surface area contributed by atoms with Gasteiger partial charge in [0, 0.05) is 39.6 Å². The van der Waals surface area contributed by atoms with Crippen molar-refractivity contribution in [3.05, 3.63) is 36.2 Å². The SMILES string of the molecule is CCCc1nc(N2CCCN(C(=O)c3ccco3)CC2)c2cnn(C)c2n1. The topological polar surface area (TPSA) is 80.3 Å². The predicted octanol–water partition coefficient (Wildman–Crippen LogP) is 2.26. The molecule has 3 aromatic rings. The smallest absolute Gasteiger partial charge is 0.289 e. The third-order valence-electron chi connectivity index (χ3n) is 4.91. The van der Waals surface area contributed by atoms with Crippen molar-refractivity contribution in [2.24, 2.45) is 7.05 Å². The number of hydrogen-bond acceptors (Lipinski definition) is 6. The number of furan rings is 1. The average Bonchev–Trinajstić information content (AvgIpc) is 3.26. The Labute approximate surface area is 157 Å². The maximum atomic E-state index is 12.6. The van der Waals surface area contributed by atoms with Gasteiger partial charge < -0.3 is 14.2 Å². The lowest BCUT2D eigenvalue weighted by Gasteiger charge is -2.23. The molecule has 3 aromatic heterocycles. The first-order valence-corrected chi connectivity index (χ1v) is 9.43. The predicted molar refractivity (Wildman–Crippen MR) is 102 cm³/mol. The minimum atomic E-state index is -0.0530. The summed E-state index contributed by atoms with van der Waals surface area (Å²) in [5, 5.41) is 5.32. The number of carbonyl (C=O) groups excluding carboxylic acids is 1. The Hall–Kier alpha value is -2.90. The molecule has 0 N–H and O–H groups in total. The fourth-order valence-corrected chi connectivity index (χ4v) is 3.52. The first kappa shape index (κ1) is 17.5. The molecule has 142 valence electrons. The summed E-state index contributed by atoms with van der Waals surface area (Å²) in [6.45, 7) is 5.03. The second kappa shape index (κ2) is 7.38. The monoisotopic (exact) mass is 368 g/mol. The van der Waals surface area contributed by atoms with Crippen LogP contribution < -0.4 is 4.90 Å². The number of rotatable bonds is 4. The standard InChI is InChI=1S/C19H24N6O2/c1-3-6-16-21-17-14(13-20-23(17)2)18(22-16)24-8-5-9-25(11-10-24)19(26)15-7-4-12-27-15/h4,7,12-13H,3,5-6,8-11H2,1-2H3. The van der Waals surface area contributed by atoms with Gasteiger partial charge in [-0.05, 0) is 25.0 Å². The van der Waals surface area contributed by atoms with Crippen molar-refractivity contribution in [1.82, 2.24) is 24.6 Å². The highest BCUT2D eigenvalue weighted by Crippen LogP contribution is 2.25. The van der Waals surface area contributed by atoms with Crippen LogP contribution in [0.4, 0.5) is 5.82 Å². The highest BCUT2D eigenvalue weighted by molar-refractivity contribution is 5.91. The van der Waals surface area contributed by atoms with Gasteiger partial charge in [-0.3, -0.25) is 9.48 Å². The Balaban J connectivity index is 1.59. The van der Waals surface area contributed by atoms with Crippen molar-refractivity contribution in [3.63, 3.8) is 0 Å². The maximum absolute atomic E-state index is 12.6. The quantitative estimate of drug-likeness (QED) is 0.703. The number of aromatic nitrogens is 4. The lowest BCUT2D eigenvalue weighted by Crippen LogP contribution is -2.35. The summed E-state index contributed by atoms with van der Waals surface area (Å²) in [6, 6.07) is 3.46. The zero-order chi connectivity index (χ0) is 18.8. The first-order chi connectivity index (χ1) is 13.2. The van der Waals surface area contributed by atoms with E-state index in [1.165, 1.54) is 6.26 Å². The van der Waals surface area contributed by atoms with Crippen LogP contribution in [0.5, 0.6) is 0 Å². The minimum absolute atomic E-state index is 0.0530. The van der Waals surface area contributed by atoms with Crippen molar-refractivity contribution in [2.45, 2.75) is 26.2 Å². The number of aryl methyl sites for hydroxylation is 2. The molecule has 8 heteroatoms. The third kappa shape index (κ3) is 3.39. The van der Waals surface area contributed by atoms with E-state index < -0.39 is 0 Å². The van der Waals surface area contributed by atoms with E-state index in [4.69, 9.17) is 9.40 Å². The van der Waals surface area contributed by atoms with Gasteiger partial charge in [0.05, 0.1) is 17.8 Å². The molecule has 0 spiro atoms. The van der Waals surface area contributed by atoms with Crippen LogP contribution in [-0.4, -0.2) is 56.7 Å². The number of carbonyl (C=O) groups is 1. The summed E-state index contributed by atoms with van der Waals surface area (Å²) in [7, 11) is 1.90. The molecule has 0 radical (unpaired) electrons. The molecule has 1 aliphatic rings. The van der Waals surface area contributed by atoms with E-state index in [0.717, 1.165) is 55.0 Å². The van der Waals surface area contributed by atoms with Gasteiger partial charge in [-0.15, -0.1) is 0 Å². The molecule has 0 bridgehead atoms. The molecule has 0 unspecified atom stereocenters. The van der Waals surface area contributed by atoms with Gasteiger partial charge in [-0.25, -0.2) is 9.97 Å². The summed E-state index contributed by atoms with van der Waals surface area (Å²) < 4.78 is 7.06. The molecule has 4 rings (SSSR count). The van der Waals surface area contributed by atoms with E-state index in [1.54, 1.807) is 16.8 Å². The van der Waals surface area contributed by atoms with Gasteiger partial charge in [-0.1, -0.05) is 6.92 Å². The maximum Gasteiger partial charge on any atom is 0.289 e. The summed E-state index contributed by atoms with van der Waals surface area (Å²) >= 11 is 0. The Kier molecular flexibility index (Phi) is 4.79. The summed E-state index contributed by atoms with van der Waals surface area (Å²) in [5.41, 5.74) is 0.858. The van der Waals surface area contributed by atoms with Gasteiger partial charge in [0.25, 0.3) is 5.91 Å². The number of anilines is 1. The number of fused-ring (bicyclic) bond motifs is 1. The molecule has 4 heterocycles. The lowest BCUT2D eigenvalue weighted by molar-refractivity contribution is 0.0735. The molecule has 0 atom stereocenters. The first-order valence-electron chi connectivity index (χ1n) is 9.43. The molecular formula is C19H24N6O2. The van der Waals surface area contributed by atoms with E-state index in [-0.39, 0.29) is 5.91 Å². The lowest BCUT2D eigenvalue weighted by atomic mass is 10.3. The van der Waals surface area contributed by atoms with Gasteiger partial charge in [0.1, 0.15) is 11.6 Å². The largest absolute Gasteiger partial charge is 0.459 e. The molecule has 1 amide bonds. The Morgan fingerprint density at radius 3 is 2.89 bits per heavy atom. The third-order valence-corrected chi connectivity index (χ3v) is 4.91. The molecular weight excluding hydrogens is 344 g/mol. The van der Waals surface area contributed by atoms with Crippen LogP contribution >= 0.6 is 0 Å². The molecule has 27 heavy (non-hydrogen) atoms. The normalized spacial score (nSPS) is 15.3. The van der Waals surface area contributed by atoms with Crippen LogP contribution in [0.15, 0.2) is 29.0 Å². The zero-order valence-electron chi connectivity index (χ0n) is 15.8. The van der Waals surface area contributed by atoms with Crippen LogP contribution in [0.1, 0.15) is 36.1 Å². The Morgan fingerprint density at radius 1 is 1.22 bits per heavy atom. The number of amides is 1. The highest BCUT2D eigenvalue weighted by Gasteiger charge is 2.24. The number of hydrogen-bond donors (Lipinski definition) is 0. The second-order valence-corrected chi connectivity index (χ2v) is 6.83. The molecule has 1 fully saturated rings. The Morgan fingerprint density at radius 2 is 2.11 bits per heavy atom. The summed E-state index contributed by atoms with van der Waals surface area (Å²) in [4.78, 5) is 26.2. The van der Waals surface area contributed by atoms with Crippen LogP contribution in [0.2, 0.25) is 0 Å². The molecule has 0 aromatic carbocycles. The van der Waals surface area contributed by atoms with Crippen molar-refractivity contribution in [1.29, 1.82) is 0 Å². The van der Waals surface area contributed by atoms with Gasteiger partial charge in [0.2, 0.25) is 0 Å². The van der Waals surface area contributed by atoms with Gasteiger partial charge in [-0.2, -0.15) is 5.10 Å². The fraction of sp³-hybridized carbons (Fsp3) is 0.474. The highest BCUT2D eigenvalue weighted by atomic mass is 16.3. The van der Waals surface area contributed by atoms with Crippen LogP contribution in [0.25, 0.3) is 11.0 Å². The summed E-state index contributed by atoms with van der Waals surface area (Å²) in [5.74, 6) is 2.10. The van der Waals surface area contributed by atoms with Crippen LogP contribution in [-0.2, 0) is 13.5 Å². The van der Waals surface area contributed by atoms with E-state index in [0.29, 0.717) is 18.8 Å². The molecule has 1 aliphatic heterocycles. The Bertz CT molecular complexity index is 933. The number of nitrogens with zero attached hydrogens (tertiary/aromatic N) is 6. The zero-order valence-corrected chi connectivity index (χ0v) is 15.8. The second-order valence-electron chi connectivity index (χ2n) is 6.83. The molecule has 0 saturated carbocycles. The van der Waals surface area contributed by atoms with E-state index >= 15 is 0 Å². The average molecular weight is 368 g/mol. The van der Waals surface area contributed by atoms with Crippen LogP contribution in [0.3, 0.4) is 0 Å². The fourth-order valence-electron chi connectivity index (χ4n) is 3.52. The minimum Gasteiger partial charge on any atom is -0.459 e.